The van der Waals surface area contributed by atoms with Gasteiger partial charge in [-0.2, -0.15) is 18.2 Å². The molecule has 0 bridgehead atoms. The molecule has 1 saturated heterocycles. The van der Waals surface area contributed by atoms with Gasteiger partial charge in [-0.05, 0) is 50.4 Å². The van der Waals surface area contributed by atoms with E-state index in [2.05, 4.69) is 51.5 Å². The molecule has 3 aromatic rings. The Morgan fingerprint density at radius 1 is 1.12 bits per heavy atom. The summed E-state index contributed by atoms with van der Waals surface area (Å²) in [7, 11) is 0. The van der Waals surface area contributed by atoms with Crippen LogP contribution in [0.5, 0.6) is 0 Å². The van der Waals surface area contributed by atoms with Crippen LogP contribution in [0.4, 0.5) is 13.2 Å². The van der Waals surface area contributed by atoms with Gasteiger partial charge in [0, 0.05) is 24.7 Å². The molecule has 0 amide bonds. The van der Waals surface area contributed by atoms with Crippen LogP contribution in [-0.2, 0) is 12.7 Å². The molecular weight excluding hydrogens is 417 g/mol. The van der Waals surface area contributed by atoms with Crippen LogP contribution in [-0.4, -0.2) is 34.2 Å². The van der Waals surface area contributed by atoms with Crippen molar-refractivity contribution in [2.45, 2.75) is 45.1 Å². The predicted octanol–water partition coefficient (Wildman–Crippen LogP) is 5.32. The minimum Gasteiger partial charge on any atom is -0.337 e. The predicted molar refractivity (Wildman–Crippen MR) is 116 cm³/mol. The van der Waals surface area contributed by atoms with E-state index < -0.39 is 11.7 Å². The van der Waals surface area contributed by atoms with E-state index in [1.165, 1.54) is 11.6 Å². The Morgan fingerprint density at radius 2 is 1.91 bits per heavy atom. The smallest absolute Gasteiger partial charge is 0.337 e. The quantitative estimate of drug-likeness (QED) is 0.535. The fourth-order valence-electron chi connectivity index (χ4n) is 4.22. The molecule has 0 radical (unpaired) electrons. The lowest BCUT2D eigenvalue weighted by Gasteiger charge is -2.24. The second-order valence-corrected chi connectivity index (χ2v) is 8.48. The Kier molecular flexibility index (Phi) is 6.62. The van der Waals surface area contributed by atoms with Crippen molar-refractivity contribution in [2.75, 3.05) is 13.1 Å². The highest BCUT2D eigenvalue weighted by atomic mass is 19.4. The van der Waals surface area contributed by atoms with Gasteiger partial charge in [-0.25, -0.2) is 0 Å². The molecule has 0 spiro atoms. The van der Waals surface area contributed by atoms with Gasteiger partial charge in [0.25, 0.3) is 0 Å². The maximum atomic E-state index is 13.0. The number of halogens is 3. The van der Waals surface area contributed by atoms with E-state index in [1.807, 2.05) is 13.0 Å². The minimum absolute atomic E-state index is 0.155. The minimum atomic E-state index is -4.41. The van der Waals surface area contributed by atoms with Gasteiger partial charge in [-0.15, -0.1) is 0 Å². The van der Waals surface area contributed by atoms with Gasteiger partial charge in [0.05, 0.1) is 11.6 Å². The van der Waals surface area contributed by atoms with Crippen molar-refractivity contribution in [1.29, 1.82) is 0 Å². The Bertz CT molecular complexity index is 1020. The van der Waals surface area contributed by atoms with Gasteiger partial charge in [0.15, 0.2) is 0 Å². The highest BCUT2D eigenvalue weighted by molar-refractivity contribution is 5.55. The summed E-state index contributed by atoms with van der Waals surface area (Å²) in [6, 6.07) is 15.4. The van der Waals surface area contributed by atoms with Gasteiger partial charge in [0.2, 0.25) is 11.7 Å². The number of benzene rings is 2. The molecule has 4 rings (SSSR count). The normalized spacial score (nSPS) is 19.2. The average Bonchev–Trinajstić information content (AvgIpc) is 3.44. The summed E-state index contributed by atoms with van der Waals surface area (Å²) in [5.74, 6) is 1.01. The van der Waals surface area contributed by atoms with E-state index in [0.717, 1.165) is 38.2 Å². The van der Waals surface area contributed by atoms with Crippen LogP contribution < -0.4 is 5.32 Å². The van der Waals surface area contributed by atoms with E-state index >= 15 is 0 Å². The van der Waals surface area contributed by atoms with Gasteiger partial charge >= 0.3 is 6.18 Å². The number of nitrogens with one attached hydrogen (secondary N) is 1. The average molecular weight is 445 g/mol. The van der Waals surface area contributed by atoms with Crippen molar-refractivity contribution in [3.63, 3.8) is 0 Å². The number of likely N-dealkylation sites (tertiary alicyclic amines) is 1. The van der Waals surface area contributed by atoms with Crippen LogP contribution >= 0.6 is 0 Å². The second-order valence-electron chi connectivity index (χ2n) is 8.48. The van der Waals surface area contributed by atoms with Gasteiger partial charge in [-0.3, -0.25) is 4.90 Å². The fraction of sp³-hybridized carbons (Fsp3) is 0.417. The molecule has 2 heterocycles. The molecule has 1 aliphatic heterocycles. The van der Waals surface area contributed by atoms with Crippen LogP contribution in [0.25, 0.3) is 11.4 Å². The molecule has 0 unspecified atom stereocenters. The fourth-order valence-corrected chi connectivity index (χ4v) is 4.22. The van der Waals surface area contributed by atoms with Gasteiger partial charge < -0.3 is 9.84 Å². The SMILES string of the molecule is C[C@H](N[C@@H](C)[C@H]1CCN(Cc2ccccc2)C1)c1nc(-c2cccc(C(F)(F)F)c2)no1. The first-order valence-corrected chi connectivity index (χ1v) is 10.8. The van der Waals surface area contributed by atoms with Crippen LogP contribution in [0.1, 0.15) is 43.3 Å². The topological polar surface area (TPSA) is 54.2 Å². The summed E-state index contributed by atoms with van der Waals surface area (Å²) in [5.41, 5.74) is 0.861. The lowest BCUT2D eigenvalue weighted by molar-refractivity contribution is -0.137. The number of aromatic nitrogens is 2. The first-order chi connectivity index (χ1) is 15.3. The number of hydrogen-bond acceptors (Lipinski definition) is 5. The van der Waals surface area contributed by atoms with Crippen LogP contribution in [0.2, 0.25) is 0 Å². The van der Waals surface area contributed by atoms with Gasteiger partial charge in [-0.1, -0.05) is 47.6 Å². The third kappa shape index (κ3) is 5.37. The van der Waals surface area contributed by atoms with Gasteiger partial charge in [0.1, 0.15) is 0 Å². The van der Waals surface area contributed by atoms with Crippen LogP contribution in [0.3, 0.4) is 0 Å². The van der Waals surface area contributed by atoms with E-state index in [9.17, 15) is 13.2 Å². The molecular formula is C24H27F3N4O. The largest absolute Gasteiger partial charge is 0.416 e. The summed E-state index contributed by atoms with van der Waals surface area (Å²) < 4.78 is 44.3. The van der Waals surface area contributed by atoms with Crippen LogP contribution in [0.15, 0.2) is 59.1 Å². The zero-order valence-corrected chi connectivity index (χ0v) is 18.1. The highest BCUT2D eigenvalue weighted by Gasteiger charge is 2.31. The first-order valence-electron chi connectivity index (χ1n) is 10.8. The van der Waals surface area contributed by atoms with E-state index in [0.29, 0.717) is 11.8 Å². The molecule has 0 saturated carbocycles. The third-order valence-corrected chi connectivity index (χ3v) is 6.04. The molecule has 1 fully saturated rings. The maximum Gasteiger partial charge on any atom is 0.416 e. The first kappa shape index (κ1) is 22.5. The summed E-state index contributed by atoms with van der Waals surface area (Å²) >= 11 is 0. The Labute approximate surface area is 185 Å². The summed E-state index contributed by atoms with van der Waals surface area (Å²) in [6.45, 7) is 7.09. The van der Waals surface area contributed by atoms with E-state index in [1.54, 1.807) is 6.07 Å². The molecule has 1 N–H and O–H groups in total. The molecule has 0 aliphatic carbocycles. The number of rotatable bonds is 7. The molecule has 32 heavy (non-hydrogen) atoms. The van der Waals surface area contributed by atoms with E-state index in [-0.39, 0.29) is 23.5 Å². The molecule has 3 atom stereocenters. The Hall–Kier alpha value is -2.71. The summed E-state index contributed by atoms with van der Waals surface area (Å²) in [6.07, 6.45) is -3.31. The van der Waals surface area contributed by atoms with Crippen molar-refractivity contribution >= 4 is 0 Å². The number of nitrogens with zero attached hydrogens (tertiary/aromatic N) is 3. The zero-order chi connectivity index (χ0) is 22.7. The van der Waals surface area contributed by atoms with Crippen molar-refractivity contribution in [1.82, 2.24) is 20.4 Å². The van der Waals surface area contributed by atoms with Crippen molar-refractivity contribution in [3.8, 4) is 11.4 Å². The monoisotopic (exact) mass is 444 g/mol. The van der Waals surface area contributed by atoms with Crippen molar-refractivity contribution < 1.29 is 17.7 Å². The highest BCUT2D eigenvalue weighted by Crippen LogP contribution is 2.32. The van der Waals surface area contributed by atoms with Crippen molar-refractivity contribution in [3.05, 3.63) is 71.6 Å². The molecule has 1 aromatic heterocycles. The molecule has 2 aromatic carbocycles. The molecule has 1 aliphatic rings. The number of hydrogen-bond donors (Lipinski definition) is 1. The lowest BCUT2D eigenvalue weighted by Crippen LogP contribution is -2.37. The summed E-state index contributed by atoms with van der Waals surface area (Å²) in [5, 5.41) is 7.41. The second kappa shape index (κ2) is 9.42. The molecule has 170 valence electrons. The Morgan fingerprint density at radius 3 is 2.66 bits per heavy atom. The maximum absolute atomic E-state index is 13.0. The molecule has 8 heteroatoms. The molecule has 5 nitrogen and oxygen atoms in total. The standard InChI is InChI=1S/C24H27F3N4O/c1-16(20-11-12-31(15-20)14-18-7-4-3-5-8-18)28-17(2)23-29-22(30-32-23)19-9-6-10-21(13-19)24(25,26)27/h3-10,13,16-17,20,28H,11-12,14-15H2,1-2H3/t16-,17-,20-/m0/s1. The lowest BCUT2D eigenvalue weighted by atomic mass is 10.00. The van der Waals surface area contributed by atoms with E-state index in [4.69, 9.17) is 4.52 Å². The van der Waals surface area contributed by atoms with Crippen molar-refractivity contribution in [2.24, 2.45) is 5.92 Å². The van der Waals surface area contributed by atoms with Crippen LogP contribution in [0, 0.1) is 5.92 Å². The zero-order valence-electron chi connectivity index (χ0n) is 18.1. The third-order valence-electron chi connectivity index (χ3n) is 6.04. The Balaban J connectivity index is 1.35. The summed E-state index contributed by atoms with van der Waals surface area (Å²) in [4.78, 5) is 6.80. The number of alkyl halides is 3.